The molecule has 1 heterocycles. The third-order valence-electron chi connectivity index (χ3n) is 2.96. The van der Waals surface area contributed by atoms with Gasteiger partial charge in [0.15, 0.2) is 0 Å². The van der Waals surface area contributed by atoms with Gasteiger partial charge in [0.25, 0.3) is 10.2 Å². The van der Waals surface area contributed by atoms with Crippen molar-refractivity contribution in [1.29, 1.82) is 0 Å². The van der Waals surface area contributed by atoms with E-state index in [2.05, 4.69) is 10.0 Å². The van der Waals surface area contributed by atoms with Gasteiger partial charge in [-0.25, -0.2) is 4.72 Å². The Morgan fingerprint density at radius 2 is 1.74 bits per heavy atom. The maximum Gasteiger partial charge on any atom is 0.402 e. The molecule has 0 aromatic heterocycles. The number of nitrogens with one attached hydrogen (secondary N) is 3. The summed E-state index contributed by atoms with van der Waals surface area (Å²) >= 11 is 0. The molecule has 0 spiro atoms. The maximum atomic E-state index is 11.9. The maximum absolute atomic E-state index is 11.9. The highest BCUT2D eigenvalue weighted by Gasteiger charge is 2.31. The van der Waals surface area contributed by atoms with Crippen molar-refractivity contribution in [3.05, 3.63) is 0 Å². The lowest BCUT2D eigenvalue weighted by atomic mass is 9.81. The fourth-order valence-corrected chi connectivity index (χ4v) is 2.70. The van der Waals surface area contributed by atoms with Gasteiger partial charge in [-0.3, -0.25) is 0 Å². The van der Waals surface area contributed by atoms with Crippen molar-refractivity contribution in [1.82, 2.24) is 14.8 Å². The lowest BCUT2D eigenvalue weighted by Gasteiger charge is -2.34. The summed E-state index contributed by atoms with van der Waals surface area (Å²) in [7, 11) is -4.09. The minimum Gasteiger partial charge on any atom is -0.317 e. The molecule has 0 bridgehead atoms. The Morgan fingerprint density at radius 3 is 2.21 bits per heavy atom. The molecule has 0 amide bonds. The van der Waals surface area contributed by atoms with Crippen molar-refractivity contribution in [2.24, 2.45) is 5.41 Å². The van der Waals surface area contributed by atoms with E-state index in [4.69, 9.17) is 0 Å². The first-order valence-corrected chi connectivity index (χ1v) is 7.12. The largest absolute Gasteiger partial charge is 0.402 e. The van der Waals surface area contributed by atoms with Crippen LogP contribution in [0.25, 0.3) is 0 Å². The van der Waals surface area contributed by atoms with Crippen molar-refractivity contribution >= 4 is 22.6 Å². The summed E-state index contributed by atoms with van der Waals surface area (Å²) in [5, 5.41) is 3.14. The molecule has 1 rings (SSSR count). The highest BCUT2D eigenvalue weighted by atomic mass is 35.5. The summed E-state index contributed by atoms with van der Waals surface area (Å²) in [6.45, 7) is 2.07. The molecule has 0 aromatic rings. The van der Waals surface area contributed by atoms with Crippen molar-refractivity contribution in [2.75, 3.05) is 26.2 Å². The van der Waals surface area contributed by atoms with Gasteiger partial charge in [0.1, 0.15) is 6.54 Å². The highest BCUT2D eigenvalue weighted by molar-refractivity contribution is 7.87. The zero-order valence-electron chi connectivity index (χ0n) is 10.5. The lowest BCUT2D eigenvalue weighted by Crippen LogP contribution is -2.47. The average molecular weight is 326 g/mol. The van der Waals surface area contributed by atoms with Crippen LogP contribution in [0.5, 0.6) is 0 Å². The number of rotatable bonds is 5. The van der Waals surface area contributed by atoms with Crippen molar-refractivity contribution in [3.63, 3.8) is 0 Å². The van der Waals surface area contributed by atoms with Gasteiger partial charge < -0.3 is 5.32 Å². The molecule has 1 saturated heterocycles. The molecule has 0 aromatic carbocycles. The van der Waals surface area contributed by atoms with Crippen molar-refractivity contribution in [3.8, 4) is 0 Å². The first-order chi connectivity index (χ1) is 8.12. The SMILES string of the molecule is CC1(CNS(=O)(=O)NCC(F)(F)F)CCNCC1.Cl. The molecule has 1 fully saturated rings. The molecular formula is C9H19ClF3N3O2S. The number of hydrogen-bond donors (Lipinski definition) is 3. The van der Waals surface area contributed by atoms with E-state index in [1.54, 1.807) is 0 Å². The van der Waals surface area contributed by atoms with Crippen LogP contribution in [0, 0.1) is 5.41 Å². The predicted molar refractivity (Wildman–Crippen MR) is 68.4 cm³/mol. The van der Waals surface area contributed by atoms with Gasteiger partial charge in [0.05, 0.1) is 0 Å². The first-order valence-electron chi connectivity index (χ1n) is 5.64. The minimum atomic E-state index is -4.55. The molecule has 116 valence electrons. The summed E-state index contributed by atoms with van der Waals surface area (Å²) in [5.74, 6) is 0. The number of piperidine rings is 1. The number of alkyl halides is 3. The van der Waals surface area contributed by atoms with E-state index in [0.29, 0.717) is 0 Å². The van der Waals surface area contributed by atoms with Crippen LogP contribution in [0.4, 0.5) is 13.2 Å². The quantitative estimate of drug-likeness (QED) is 0.700. The lowest BCUT2D eigenvalue weighted by molar-refractivity contribution is -0.121. The Morgan fingerprint density at radius 1 is 1.21 bits per heavy atom. The molecule has 19 heavy (non-hydrogen) atoms. The molecule has 1 aliphatic rings. The van der Waals surface area contributed by atoms with Crippen molar-refractivity contribution < 1.29 is 21.6 Å². The molecule has 0 saturated carbocycles. The topological polar surface area (TPSA) is 70.2 Å². The standard InChI is InChI=1S/C9H18F3N3O2S.ClH/c1-8(2-4-13-5-3-8)6-14-18(16,17)15-7-9(10,11)12;/h13-15H,2-7H2,1H3;1H. The molecule has 0 atom stereocenters. The second-order valence-corrected chi connectivity index (χ2v) is 6.41. The Kier molecular flexibility index (Phi) is 7.04. The van der Waals surface area contributed by atoms with Crippen molar-refractivity contribution in [2.45, 2.75) is 25.9 Å². The van der Waals surface area contributed by atoms with E-state index in [1.807, 2.05) is 6.92 Å². The van der Waals surface area contributed by atoms with Gasteiger partial charge in [-0.1, -0.05) is 6.92 Å². The molecule has 3 N–H and O–H groups in total. The van der Waals surface area contributed by atoms with Gasteiger partial charge >= 0.3 is 6.18 Å². The predicted octanol–water partition coefficient (Wildman–Crippen LogP) is 0.784. The third kappa shape index (κ3) is 7.93. The van der Waals surface area contributed by atoms with Crippen LogP contribution in [0.3, 0.4) is 0 Å². The van der Waals surface area contributed by atoms with E-state index in [0.717, 1.165) is 25.9 Å². The molecular weight excluding hydrogens is 307 g/mol. The van der Waals surface area contributed by atoms with Crippen LogP contribution < -0.4 is 14.8 Å². The molecule has 0 aliphatic carbocycles. The summed E-state index contributed by atoms with van der Waals surface area (Å²) in [4.78, 5) is 0. The molecule has 5 nitrogen and oxygen atoms in total. The zero-order valence-corrected chi connectivity index (χ0v) is 12.1. The summed E-state index contributed by atoms with van der Waals surface area (Å²) in [6.07, 6.45) is -2.98. The molecule has 0 radical (unpaired) electrons. The van der Waals surface area contributed by atoms with Gasteiger partial charge in [-0.15, -0.1) is 12.4 Å². The molecule has 0 unspecified atom stereocenters. The fourth-order valence-electron chi connectivity index (χ4n) is 1.70. The van der Waals surface area contributed by atoms with Gasteiger partial charge in [0.2, 0.25) is 0 Å². The second-order valence-electron chi connectivity index (χ2n) is 4.82. The summed E-state index contributed by atoms with van der Waals surface area (Å²) in [6, 6.07) is 0. The summed E-state index contributed by atoms with van der Waals surface area (Å²) < 4.78 is 62.0. The Balaban J connectivity index is 0.00000324. The van der Waals surface area contributed by atoms with E-state index < -0.39 is 22.9 Å². The Labute approximate surface area is 117 Å². The number of halogens is 4. The zero-order chi connectivity index (χ0) is 13.9. The average Bonchev–Trinajstić information content (AvgIpc) is 2.25. The van der Waals surface area contributed by atoms with Crippen LogP contribution in [0.1, 0.15) is 19.8 Å². The van der Waals surface area contributed by atoms with E-state index >= 15 is 0 Å². The van der Waals surface area contributed by atoms with E-state index in [-0.39, 0.29) is 24.4 Å². The van der Waals surface area contributed by atoms with E-state index in [1.165, 1.54) is 4.72 Å². The van der Waals surface area contributed by atoms with Crippen LogP contribution >= 0.6 is 12.4 Å². The van der Waals surface area contributed by atoms with E-state index in [9.17, 15) is 21.6 Å². The van der Waals surface area contributed by atoms with Crippen LogP contribution in [-0.4, -0.2) is 40.8 Å². The molecule has 1 aliphatic heterocycles. The summed E-state index contributed by atoms with van der Waals surface area (Å²) in [5.41, 5.74) is -0.210. The smallest absolute Gasteiger partial charge is 0.317 e. The monoisotopic (exact) mass is 325 g/mol. The van der Waals surface area contributed by atoms with Crippen LogP contribution in [0.15, 0.2) is 0 Å². The van der Waals surface area contributed by atoms with Crippen LogP contribution in [-0.2, 0) is 10.2 Å². The molecule has 10 heteroatoms. The van der Waals surface area contributed by atoms with Crippen LogP contribution in [0.2, 0.25) is 0 Å². The Hall–Kier alpha value is -0.0900. The fraction of sp³-hybridized carbons (Fsp3) is 1.00. The Bertz CT molecular complexity index is 369. The van der Waals surface area contributed by atoms with Gasteiger partial charge in [-0.05, 0) is 31.3 Å². The van der Waals surface area contributed by atoms with Gasteiger partial charge in [-0.2, -0.15) is 26.3 Å². The van der Waals surface area contributed by atoms with Gasteiger partial charge in [0, 0.05) is 6.54 Å². The minimum absolute atomic E-state index is 0. The first kappa shape index (κ1) is 18.9. The third-order valence-corrected chi connectivity index (χ3v) is 4.01. The second kappa shape index (κ2) is 7.07. The highest BCUT2D eigenvalue weighted by Crippen LogP contribution is 2.26. The number of hydrogen-bond acceptors (Lipinski definition) is 3. The normalized spacial score (nSPS) is 19.8.